The Hall–Kier alpha value is -2.35. The average molecular weight is 377 g/mol. The number of hydrogen-bond acceptors (Lipinski definition) is 2. The van der Waals surface area contributed by atoms with Crippen molar-refractivity contribution in [2.45, 2.75) is 52.6 Å². The second-order valence-electron chi connectivity index (χ2n) is 8.51. The summed E-state index contributed by atoms with van der Waals surface area (Å²) in [6, 6.07) is 20.2. The molecule has 1 aliphatic carbocycles. The number of carbonyl (C=O) groups excluding carboxylic acids is 1. The maximum Gasteiger partial charge on any atom is 0.334 e. The molecule has 0 bridgehead atoms. The van der Waals surface area contributed by atoms with Crippen molar-refractivity contribution in [2.24, 2.45) is 17.8 Å². The van der Waals surface area contributed by atoms with Gasteiger partial charge in [-0.15, -0.1) is 0 Å². The van der Waals surface area contributed by atoms with Crippen molar-refractivity contribution in [1.29, 1.82) is 0 Å². The first-order chi connectivity index (χ1) is 13.5. The zero-order valence-corrected chi connectivity index (χ0v) is 17.3. The van der Waals surface area contributed by atoms with Gasteiger partial charge in [-0.2, -0.15) is 0 Å². The molecule has 0 aromatic heterocycles. The van der Waals surface area contributed by atoms with Crippen LogP contribution in [0.2, 0.25) is 0 Å². The minimum absolute atomic E-state index is 0.0196. The van der Waals surface area contributed by atoms with Crippen LogP contribution in [0.3, 0.4) is 0 Å². The van der Waals surface area contributed by atoms with E-state index in [1.807, 2.05) is 54.6 Å². The van der Waals surface area contributed by atoms with Gasteiger partial charge in [0.05, 0.1) is 0 Å². The highest BCUT2D eigenvalue weighted by atomic mass is 16.5. The molecule has 0 amide bonds. The Morgan fingerprint density at radius 3 is 2.32 bits per heavy atom. The molecule has 1 aliphatic rings. The summed E-state index contributed by atoms with van der Waals surface area (Å²) in [4.78, 5) is 13.2. The van der Waals surface area contributed by atoms with Crippen LogP contribution < -0.4 is 0 Å². The van der Waals surface area contributed by atoms with Crippen molar-refractivity contribution in [1.82, 2.24) is 0 Å². The molecule has 2 nitrogen and oxygen atoms in total. The van der Waals surface area contributed by atoms with E-state index in [0.717, 1.165) is 29.5 Å². The predicted molar refractivity (Wildman–Crippen MR) is 116 cm³/mol. The van der Waals surface area contributed by atoms with Crippen molar-refractivity contribution >= 4 is 12.0 Å². The van der Waals surface area contributed by atoms with E-state index in [2.05, 4.69) is 32.9 Å². The second-order valence-corrected chi connectivity index (χ2v) is 8.51. The molecule has 2 aromatic rings. The maximum absolute atomic E-state index is 13.2. The zero-order chi connectivity index (χ0) is 19.9. The van der Waals surface area contributed by atoms with Crippen LogP contribution >= 0.6 is 0 Å². The largest absolute Gasteiger partial charge is 0.459 e. The first-order valence-corrected chi connectivity index (χ1v) is 10.5. The average Bonchev–Trinajstić information content (AvgIpc) is 2.69. The third-order valence-electron chi connectivity index (χ3n) is 5.86. The summed E-state index contributed by atoms with van der Waals surface area (Å²) in [5.41, 5.74) is 2.87. The van der Waals surface area contributed by atoms with Gasteiger partial charge in [-0.05, 0) is 47.8 Å². The number of hydrogen-bond donors (Lipinski definition) is 0. The Balaban J connectivity index is 1.82. The monoisotopic (exact) mass is 376 g/mol. The molecule has 0 N–H and O–H groups in total. The molecular weight excluding hydrogens is 344 g/mol. The molecular formula is C26H32O2. The van der Waals surface area contributed by atoms with Gasteiger partial charge in [0.1, 0.15) is 6.10 Å². The molecule has 0 aliphatic heterocycles. The zero-order valence-electron chi connectivity index (χ0n) is 17.3. The van der Waals surface area contributed by atoms with Crippen molar-refractivity contribution in [3.63, 3.8) is 0 Å². The quantitative estimate of drug-likeness (QED) is 0.436. The summed E-state index contributed by atoms with van der Waals surface area (Å²) in [7, 11) is 0. The SMILES string of the molecule is CC(C)[C@H]1CC[C@@H](C)C[C@H]1OC(=O)C(=Cc1ccccc1)Cc1ccccc1. The van der Waals surface area contributed by atoms with Crippen LogP contribution in [0.5, 0.6) is 0 Å². The fourth-order valence-electron chi connectivity index (χ4n) is 4.21. The number of esters is 1. The van der Waals surface area contributed by atoms with Gasteiger partial charge in [0.25, 0.3) is 0 Å². The van der Waals surface area contributed by atoms with Gasteiger partial charge in [0.2, 0.25) is 0 Å². The van der Waals surface area contributed by atoms with Gasteiger partial charge in [0, 0.05) is 12.0 Å². The summed E-state index contributed by atoms with van der Waals surface area (Å²) >= 11 is 0. The highest BCUT2D eigenvalue weighted by molar-refractivity contribution is 5.94. The van der Waals surface area contributed by atoms with E-state index < -0.39 is 0 Å². The molecule has 1 fully saturated rings. The van der Waals surface area contributed by atoms with E-state index in [4.69, 9.17) is 4.74 Å². The third kappa shape index (κ3) is 5.58. The summed E-state index contributed by atoms with van der Waals surface area (Å²) in [6.45, 7) is 6.75. The lowest BCUT2D eigenvalue weighted by Gasteiger charge is -2.36. The van der Waals surface area contributed by atoms with Gasteiger partial charge < -0.3 is 4.74 Å². The van der Waals surface area contributed by atoms with E-state index in [1.54, 1.807) is 0 Å². The highest BCUT2D eigenvalue weighted by Gasteiger charge is 2.33. The molecule has 3 rings (SSSR count). The molecule has 0 saturated heterocycles. The van der Waals surface area contributed by atoms with Crippen LogP contribution in [0.1, 0.15) is 51.2 Å². The van der Waals surface area contributed by atoms with E-state index >= 15 is 0 Å². The molecule has 0 spiro atoms. The molecule has 1 saturated carbocycles. The van der Waals surface area contributed by atoms with Crippen LogP contribution in [-0.4, -0.2) is 12.1 Å². The summed E-state index contributed by atoms with van der Waals surface area (Å²) in [6.07, 6.45) is 5.93. The molecule has 0 heterocycles. The molecule has 0 radical (unpaired) electrons. The first-order valence-electron chi connectivity index (χ1n) is 10.5. The Morgan fingerprint density at radius 2 is 1.68 bits per heavy atom. The minimum Gasteiger partial charge on any atom is -0.459 e. The van der Waals surface area contributed by atoms with E-state index in [9.17, 15) is 4.79 Å². The Morgan fingerprint density at radius 1 is 1.04 bits per heavy atom. The summed E-state index contributed by atoms with van der Waals surface area (Å²) < 4.78 is 6.14. The van der Waals surface area contributed by atoms with Crippen LogP contribution in [0.25, 0.3) is 6.08 Å². The lowest BCUT2D eigenvalue weighted by atomic mass is 9.75. The number of rotatable bonds is 6. The van der Waals surface area contributed by atoms with Crippen LogP contribution in [-0.2, 0) is 16.0 Å². The fourth-order valence-corrected chi connectivity index (χ4v) is 4.21. The number of benzene rings is 2. The van der Waals surface area contributed by atoms with Gasteiger partial charge in [-0.3, -0.25) is 0 Å². The van der Waals surface area contributed by atoms with Gasteiger partial charge in [0.15, 0.2) is 0 Å². The fraction of sp³-hybridized carbons (Fsp3) is 0.423. The second kappa shape index (κ2) is 9.73. The van der Waals surface area contributed by atoms with Gasteiger partial charge in [-0.1, -0.05) is 87.9 Å². The van der Waals surface area contributed by atoms with Crippen molar-refractivity contribution in [3.05, 3.63) is 77.4 Å². The Bertz CT molecular complexity index is 777. The van der Waals surface area contributed by atoms with E-state index in [0.29, 0.717) is 24.2 Å². The highest BCUT2D eigenvalue weighted by Crippen LogP contribution is 2.35. The minimum atomic E-state index is -0.169. The predicted octanol–water partition coefficient (Wildman–Crippen LogP) is 6.32. The maximum atomic E-state index is 13.2. The summed E-state index contributed by atoms with van der Waals surface area (Å²) in [5, 5.41) is 0. The lowest BCUT2D eigenvalue weighted by Crippen LogP contribution is -2.36. The summed E-state index contributed by atoms with van der Waals surface area (Å²) in [5.74, 6) is 1.43. The number of ether oxygens (including phenoxy) is 1. The van der Waals surface area contributed by atoms with Crippen molar-refractivity contribution < 1.29 is 9.53 Å². The van der Waals surface area contributed by atoms with Crippen LogP contribution in [0.4, 0.5) is 0 Å². The van der Waals surface area contributed by atoms with Gasteiger partial charge in [-0.25, -0.2) is 4.79 Å². The smallest absolute Gasteiger partial charge is 0.334 e. The van der Waals surface area contributed by atoms with Crippen LogP contribution in [0.15, 0.2) is 66.2 Å². The standard InChI is InChI=1S/C26H32O2/c1-19(2)24-15-14-20(3)16-25(24)28-26(27)23(17-21-10-6-4-7-11-21)18-22-12-8-5-9-13-22/h4-13,17,19-20,24-25H,14-16,18H2,1-3H3/t20-,24-,25-/m1/s1. The Labute approximate surface area is 169 Å². The first kappa shape index (κ1) is 20.4. The molecule has 28 heavy (non-hydrogen) atoms. The van der Waals surface area contributed by atoms with E-state index in [1.165, 1.54) is 6.42 Å². The molecule has 2 heteroatoms. The topological polar surface area (TPSA) is 26.3 Å². The lowest BCUT2D eigenvalue weighted by molar-refractivity contribution is -0.151. The van der Waals surface area contributed by atoms with Crippen molar-refractivity contribution in [2.75, 3.05) is 0 Å². The molecule has 148 valence electrons. The third-order valence-corrected chi connectivity index (χ3v) is 5.86. The van der Waals surface area contributed by atoms with Crippen molar-refractivity contribution in [3.8, 4) is 0 Å². The normalized spacial score (nSPS) is 22.9. The van der Waals surface area contributed by atoms with Gasteiger partial charge >= 0.3 is 5.97 Å². The number of carbonyl (C=O) groups is 1. The molecule has 0 unspecified atom stereocenters. The molecule has 2 aromatic carbocycles. The van der Waals surface area contributed by atoms with E-state index in [-0.39, 0.29) is 12.1 Å². The van der Waals surface area contributed by atoms with Crippen LogP contribution in [0, 0.1) is 17.8 Å². The molecule has 3 atom stereocenters. The Kier molecular flexibility index (Phi) is 7.08.